The van der Waals surface area contributed by atoms with Crippen molar-refractivity contribution in [2.45, 2.75) is 30.7 Å². The van der Waals surface area contributed by atoms with E-state index >= 15 is 0 Å². The maximum Gasteiger partial charge on any atom is 0.229 e. The Kier molecular flexibility index (Phi) is 5.10. The van der Waals surface area contributed by atoms with E-state index in [1.807, 2.05) is 0 Å². The van der Waals surface area contributed by atoms with E-state index in [1.54, 1.807) is 24.3 Å². The van der Waals surface area contributed by atoms with Crippen LogP contribution in [0.15, 0.2) is 29.4 Å². The summed E-state index contributed by atoms with van der Waals surface area (Å²) in [6.45, 7) is -0.517. The summed E-state index contributed by atoms with van der Waals surface area (Å²) in [5.74, 6) is 0.342. The van der Waals surface area contributed by atoms with Crippen molar-refractivity contribution in [3.63, 3.8) is 0 Å². The smallest absolute Gasteiger partial charge is 0.229 e. The third kappa shape index (κ3) is 3.49. The van der Waals surface area contributed by atoms with Gasteiger partial charge >= 0.3 is 0 Å². The number of hydrogen-bond donors (Lipinski definition) is 5. The molecule has 5 N–H and O–H groups in total. The molecule has 0 unspecified atom stereocenters. The molecule has 1 heterocycles. The summed E-state index contributed by atoms with van der Waals surface area (Å²) in [7, 11) is 0. The van der Waals surface area contributed by atoms with Crippen LogP contribution in [0.5, 0.6) is 5.75 Å². The van der Waals surface area contributed by atoms with E-state index in [2.05, 4.69) is 5.16 Å². The van der Waals surface area contributed by atoms with Gasteiger partial charge in [-0.2, -0.15) is 0 Å². The van der Waals surface area contributed by atoms with Crippen LogP contribution >= 0.6 is 0 Å². The molecule has 21 heavy (non-hydrogen) atoms. The fourth-order valence-corrected chi connectivity index (χ4v) is 2.00. The molecule has 0 bridgehead atoms. The molecule has 5 atom stereocenters. The van der Waals surface area contributed by atoms with Crippen molar-refractivity contribution in [3.05, 3.63) is 29.8 Å². The molecule has 1 saturated heterocycles. The fourth-order valence-electron chi connectivity index (χ4n) is 2.00. The summed E-state index contributed by atoms with van der Waals surface area (Å²) in [6, 6.07) is 6.33. The summed E-state index contributed by atoms with van der Waals surface area (Å²) >= 11 is 0. The van der Waals surface area contributed by atoms with Gasteiger partial charge in [-0.1, -0.05) is 5.16 Å². The van der Waals surface area contributed by atoms with Gasteiger partial charge in [0.2, 0.25) is 6.29 Å². The summed E-state index contributed by atoms with van der Waals surface area (Å²) in [4.78, 5) is 0. The van der Waals surface area contributed by atoms with Gasteiger partial charge in [0.15, 0.2) is 0 Å². The Labute approximate surface area is 120 Å². The molecular formula is C13H17NO7. The third-order valence-corrected chi connectivity index (χ3v) is 3.19. The lowest BCUT2D eigenvalue weighted by Crippen LogP contribution is -2.60. The quantitative estimate of drug-likeness (QED) is 0.264. The largest absolute Gasteiger partial charge is 0.462 e. The van der Waals surface area contributed by atoms with Crippen LogP contribution in [0.2, 0.25) is 0 Å². The van der Waals surface area contributed by atoms with Gasteiger partial charge in [-0.3, -0.25) is 0 Å². The van der Waals surface area contributed by atoms with Crippen LogP contribution < -0.4 is 4.74 Å². The van der Waals surface area contributed by atoms with Crippen molar-refractivity contribution >= 4 is 6.21 Å². The number of oxime groups is 1. The Balaban J connectivity index is 2.07. The SMILES string of the molecule is OC[C@H]1O[C@@H](Oc2ccc(/C=N\O)cc2)[C@H](O)[C@@H](O)[C@@H]1O. The van der Waals surface area contributed by atoms with Crippen LogP contribution in [0.4, 0.5) is 0 Å². The molecule has 8 nitrogen and oxygen atoms in total. The molecule has 1 aliphatic rings. The van der Waals surface area contributed by atoms with Gasteiger partial charge in [-0.15, -0.1) is 0 Å². The second-order valence-corrected chi connectivity index (χ2v) is 4.63. The Bertz CT molecular complexity index is 476. The molecule has 0 spiro atoms. The highest BCUT2D eigenvalue weighted by Crippen LogP contribution is 2.24. The highest BCUT2D eigenvalue weighted by molar-refractivity contribution is 5.79. The summed E-state index contributed by atoms with van der Waals surface area (Å²) in [5, 5.41) is 49.5. The monoisotopic (exact) mass is 299 g/mol. The number of aliphatic hydroxyl groups is 4. The first-order valence-corrected chi connectivity index (χ1v) is 6.31. The van der Waals surface area contributed by atoms with Crippen LogP contribution in [-0.2, 0) is 4.74 Å². The molecule has 116 valence electrons. The van der Waals surface area contributed by atoms with Crippen LogP contribution in [-0.4, -0.2) is 69.2 Å². The highest BCUT2D eigenvalue weighted by Gasteiger charge is 2.44. The average molecular weight is 299 g/mol. The van der Waals surface area contributed by atoms with Crippen LogP contribution in [0.1, 0.15) is 5.56 Å². The predicted octanol–water partition coefficient (Wildman–Crippen LogP) is -1.33. The summed E-state index contributed by atoms with van der Waals surface area (Å²) in [5.41, 5.74) is 0.638. The van der Waals surface area contributed by atoms with Crippen molar-refractivity contribution in [2.75, 3.05) is 6.61 Å². The van der Waals surface area contributed by atoms with Gasteiger partial charge in [0.25, 0.3) is 0 Å². The number of ether oxygens (including phenoxy) is 2. The van der Waals surface area contributed by atoms with Gasteiger partial charge in [0.1, 0.15) is 30.2 Å². The van der Waals surface area contributed by atoms with Crippen LogP contribution in [0.25, 0.3) is 0 Å². The van der Waals surface area contributed by atoms with Gasteiger partial charge in [0.05, 0.1) is 12.8 Å². The summed E-state index contributed by atoms with van der Waals surface area (Å²) < 4.78 is 10.6. The molecular weight excluding hydrogens is 282 g/mol. The molecule has 0 aliphatic carbocycles. The van der Waals surface area contributed by atoms with Crippen molar-refractivity contribution in [1.29, 1.82) is 0 Å². The van der Waals surface area contributed by atoms with E-state index in [-0.39, 0.29) is 0 Å². The number of benzene rings is 1. The zero-order chi connectivity index (χ0) is 15.4. The van der Waals surface area contributed by atoms with E-state index < -0.39 is 37.3 Å². The van der Waals surface area contributed by atoms with Crippen molar-refractivity contribution in [2.24, 2.45) is 5.16 Å². The first-order chi connectivity index (χ1) is 10.1. The lowest BCUT2D eigenvalue weighted by molar-refractivity contribution is -0.277. The summed E-state index contributed by atoms with van der Waals surface area (Å²) in [6.07, 6.45) is -5.37. The van der Waals surface area contributed by atoms with E-state index in [4.69, 9.17) is 19.8 Å². The molecule has 1 fully saturated rings. The normalized spacial score (nSPS) is 33.2. The predicted molar refractivity (Wildman–Crippen MR) is 70.2 cm³/mol. The average Bonchev–Trinajstić information content (AvgIpc) is 2.50. The Morgan fingerprint density at radius 1 is 1.10 bits per heavy atom. The molecule has 2 rings (SSSR count). The van der Waals surface area contributed by atoms with E-state index in [9.17, 15) is 15.3 Å². The molecule has 1 aromatic rings. The zero-order valence-corrected chi connectivity index (χ0v) is 11.0. The zero-order valence-electron chi connectivity index (χ0n) is 11.0. The maximum absolute atomic E-state index is 9.83. The third-order valence-electron chi connectivity index (χ3n) is 3.19. The maximum atomic E-state index is 9.83. The molecule has 1 aliphatic heterocycles. The first kappa shape index (κ1) is 15.7. The second kappa shape index (κ2) is 6.83. The van der Waals surface area contributed by atoms with Crippen molar-refractivity contribution in [1.82, 2.24) is 0 Å². The van der Waals surface area contributed by atoms with Crippen molar-refractivity contribution in [3.8, 4) is 5.75 Å². The molecule has 1 aromatic carbocycles. The molecule has 0 aromatic heterocycles. The molecule has 0 saturated carbocycles. The van der Waals surface area contributed by atoms with Gasteiger partial charge in [0, 0.05) is 0 Å². The van der Waals surface area contributed by atoms with Crippen LogP contribution in [0, 0.1) is 0 Å². The Hall–Kier alpha value is -1.71. The lowest BCUT2D eigenvalue weighted by atomic mass is 9.99. The Morgan fingerprint density at radius 3 is 2.33 bits per heavy atom. The minimum atomic E-state index is -1.48. The minimum absolute atomic E-state index is 0.342. The van der Waals surface area contributed by atoms with E-state index in [0.717, 1.165) is 0 Å². The van der Waals surface area contributed by atoms with E-state index in [0.29, 0.717) is 11.3 Å². The number of hydrogen-bond acceptors (Lipinski definition) is 8. The van der Waals surface area contributed by atoms with E-state index in [1.165, 1.54) is 6.21 Å². The van der Waals surface area contributed by atoms with Gasteiger partial charge < -0.3 is 35.1 Å². The molecule has 0 radical (unpaired) electrons. The Morgan fingerprint density at radius 2 is 1.76 bits per heavy atom. The molecule has 8 heteroatoms. The number of nitrogens with zero attached hydrogens (tertiary/aromatic N) is 1. The second-order valence-electron chi connectivity index (χ2n) is 4.63. The van der Waals surface area contributed by atoms with Gasteiger partial charge in [-0.05, 0) is 29.8 Å². The number of rotatable bonds is 4. The van der Waals surface area contributed by atoms with Crippen LogP contribution in [0.3, 0.4) is 0 Å². The highest BCUT2D eigenvalue weighted by atomic mass is 16.7. The minimum Gasteiger partial charge on any atom is -0.462 e. The first-order valence-electron chi connectivity index (χ1n) is 6.31. The topological polar surface area (TPSA) is 132 Å². The van der Waals surface area contributed by atoms with Gasteiger partial charge in [-0.25, -0.2) is 0 Å². The molecule has 0 amide bonds. The number of aliphatic hydroxyl groups excluding tert-OH is 4. The van der Waals surface area contributed by atoms with Crippen molar-refractivity contribution < 1.29 is 35.1 Å². The standard InChI is InChI=1S/C13H17NO7/c15-6-9-10(16)11(17)12(18)13(21-9)20-8-3-1-7(2-4-8)5-14-19/h1-5,9-13,15-19H,6H2/b14-5-/t9-,10-,11+,12-,13-/m1/s1. The fraction of sp³-hybridized carbons (Fsp3) is 0.462. The lowest BCUT2D eigenvalue weighted by Gasteiger charge is -2.39.